The summed E-state index contributed by atoms with van der Waals surface area (Å²) in [5.41, 5.74) is -0.0193. The third kappa shape index (κ3) is 3.52. The number of Topliss-reactive ketones (excluding diaryl/α,β-unsaturated/α-hetero) is 2. The van der Waals surface area contributed by atoms with E-state index < -0.39 is 5.92 Å². The maximum absolute atomic E-state index is 12.2. The van der Waals surface area contributed by atoms with Gasteiger partial charge in [0.1, 0.15) is 11.6 Å². The summed E-state index contributed by atoms with van der Waals surface area (Å²) in [6.07, 6.45) is 2.45. The van der Waals surface area contributed by atoms with Crippen LogP contribution in [0.4, 0.5) is 0 Å². The van der Waals surface area contributed by atoms with E-state index in [9.17, 15) is 19.2 Å². The van der Waals surface area contributed by atoms with Crippen LogP contribution in [0.15, 0.2) is 0 Å². The molecular formula is C15H21NO4. The van der Waals surface area contributed by atoms with E-state index in [4.69, 9.17) is 0 Å². The molecule has 0 bridgehead atoms. The van der Waals surface area contributed by atoms with Crippen LogP contribution >= 0.6 is 0 Å². The van der Waals surface area contributed by atoms with Gasteiger partial charge in [-0.3, -0.25) is 24.5 Å². The van der Waals surface area contributed by atoms with Gasteiger partial charge < -0.3 is 0 Å². The monoisotopic (exact) mass is 279 g/mol. The van der Waals surface area contributed by atoms with E-state index in [0.717, 1.165) is 6.42 Å². The molecule has 0 aromatic carbocycles. The normalized spacial score (nSPS) is 27.3. The molecule has 5 heteroatoms. The molecule has 2 fully saturated rings. The molecule has 1 saturated carbocycles. The molecule has 0 aromatic rings. The van der Waals surface area contributed by atoms with Gasteiger partial charge >= 0.3 is 0 Å². The van der Waals surface area contributed by atoms with Crippen LogP contribution in [0, 0.1) is 17.3 Å². The summed E-state index contributed by atoms with van der Waals surface area (Å²) in [6, 6.07) is 0. The molecule has 1 aliphatic heterocycles. The second-order valence-corrected chi connectivity index (χ2v) is 6.81. The Bertz CT molecular complexity index is 450. The second kappa shape index (κ2) is 5.46. The molecule has 110 valence electrons. The summed E-state index contributed by atoms with van der Waals surface area (Å²) in [4.78, 5) is 46.9. The highest BCUT2D eigenvalue weighted by Gasteiger charge is 2.38. The van der Waals surface area contributed by atoms with Crippen molar-refractivity contribution in [3.8, 4) is 0 Å². The minimum atomic E-state index is -0.525. The molecule has 1 saturated heterocycles. The summed E-state index contributed by atoms with van der Waals surface area (Å²) in [7, 11) is 0. The highest BCUT2D eigenvalue weighted by molar-refractivity contribution is 6.04. The molecule has 0 unspecified atom stereocenters. The Morgan fingerprint density at radius 2 is 1.80 bits per heavy atom. The Labute approximate surface area is 118 Å². The molecular weight excluding hydrogens is 258 g/mol. The van der Waals surface area contributed by atoms with E-state index in [1.807, 2.05) is 13.8 Å². The van der Waals surface area contributed by atoms with Gasteiger partial charge in [0.2, 0.25) is 11.8 Å². The molecule has 1 heterocycles. The molecule has 0 spiro atoms. The van der Waals surface area contributed by atoms with Crippen molar-refractivity contribution in [1.29, 1.82) is 0 Å². The number of hydrogen-bond donors (Lipinski definition) is 1. The standard InChI is InChI=1S/C15H21NO4/c1-15(2)4-3-10(12(18)8-15)11(17)5-9-6-13(19)16-14(20)7-9/h9-10H,3-8H2,1-2H3,(H,16,19,20)/t10-/m0/s1. The van der Waals surface area contributed by atoms with E-state index in [0.29, 0.717) is 12.8 Å². The van der Waals surface area contributed by atoms with Gasteiger partial charge in [0.05, 0.1) is 5.92 Å². The molecule has 0 radical (unpaired) electrons. The molecule has 5 nitrogen and oxygen atoms in total. The number of nitrogens with one attached hydrogen (secondary N) is 1. The first-order valence-electron chi connectivity index (χ1n) is 7.15. The fourth-order valence-electron chi connectivity index (χ4n) is 3.15. The van der Waals surface area contributed by atoms with Crippen molar-refractivity contribution in [3.05, 3.63) is 0 Å². The average molecular weight is 279 g/mol. The fourth-order valence-corrected chi connectivity index (χ4v) is 3.15. The van der Waals surface area contributed by atoms with E-state index in [-0.39, 0.29) is 54.0 Å². The van der Waals surface area contributed by atoms with Crippen LogP contribution in [0.25, 0.3) is 0 Å². The van der Waals surface area contributed by atoms with E-state index >= 15 is 0 Å². The number of amides is 2. The van der Waals surface area contributed by atoms with E-state index in [2.05, 4.69) is 5.32 Å². The Morgan fingerprint density at radius 3 is 2.35 bits per heavy atom. The zero-order valence-electron chi connectivity index (χ0n) is 12.0. The van der Waals surface area contributed by atoms with Gasteiger partial charge in [-0.15, -0.1) is 0 Å². The van der Waals surface area contributed by atoms with Crippen molar-refractivity contribution in [3.63, 3.8) is 0 Å². The lowest BCUT2D eigenvalue weighted by Gasteiger charge is -2.33. The zero-order chi connectivity index (χ0) is 14.9. The van der Waals surface area contributed by atoms with Crippen LogP contribution in [0.2, 0.25) is 0 Å². The number of rotatable bonds is 3. The number of piperidine rings is 1. The number of carbonyl (C=O) groups is 4. The third-order valence-electron chi connectivity index (χ3n) is 4.26. The van der Waals surface area contributed by atoms with Gasteiger partial charge in [0.25, 0.3) is 0 Å². The van der Waals surface area contributed by atoms with Crippen molar-refractivity contribution in [1.82, 2.24) is 5.32 Å². The fraction of sp³-hybridized carbons (Fsp3) is 0.733. The summed E-state index contributed by atoms with van der Waals surface area (Å²) in [5.74, 6) is -1.50. The Balaban J connectivity index is 1.93. The first-order valence-corrected chi connectivity index (χ1v) is 7.15. The molecule has 2 aliphatic rings. The van der Waals surface area contributed by atoms with Crippen molar-refractivity contribution < 1.29 is 19.2 Å². The first kappa shape index (κ1) is 14.9. The quantitative estimate of drug-likeness (QED) is 0.625. The number of ketones is 2. The Kier molecular flexibility index (Phi) is 4.06. The van der Waals surface area contributed by atoms with Gasteiger partial charge in [-0.2, -0.15) is 0 Å². The topological polar surface area (TPSA) is 80.3 Å². The lowest BCUT2D eigenvalue weighted by Crippen LogP contribution is -2.40. The van der Waals surface area contributed by atoms with E-state index in [1.165, 1.54) is 0 Å². The molecule has 0 aromatic heterocycles. The van der Waals surface area contributed by atoms with Crippen LogP contribution in [-0.4, -0.2) is 23.4 Å². The third-order valence-corrected chi connectivity index (χ3v) is 4.26. The number of hydrogen-bond acceptors (Lipinski definition) is 4. The average Bonchev–Trinajstić information content (AvgIpc) is 2.25. The number of carbonyl (C=O) groups excluding carboxylic acids is 4. The van der Waals surface area contributed by atoms with Crippen LogP contribution in [0.3, 0.4) is 0 Å². The van der Waals surface area contributed by atoms with Gasteiger partial charge in [-0.1, -0.05) is 13.8 Å². The largest absolute Gasteiger partial charge is 0.299 e. The van der Waals surface area contributed by atoms with Crippen LogP contribution in [-0.2, 0) is 19.2 Å². The van der Waals surface area contributed by atoms with Crippen molar-refractivity contribution >= 4 is 23.4 Å². The molecule has 20 heavy (non-hydrogen) atoms. The van der Waals surface area contributed by atoms with Gasteiger partial charge in [0, 0.05) is 25.7 Å². The van der Waals surface area contributed by atoms with Gasteiger partial charge in [-0.25, -0.2) is 0 Å². The highest BCUT2D eigenvalue weighted by Crippen LogP contribution is 2.37. The maximum Gasteiger partial charge on any atom is 0.226 e. The predicted octanol–water partition coefficient (Wildman–Crippen LogP) is 1.39. The second-order valence-electron chi connectivity index (χ2n) is 6.81. The lowest BCUT2D eigenvalue weighted by molar-refractivity contribution is -0.137. The van der Waals surface area contributed by atoms with Crippen LogP contribution in [0.1, 0.15) is 52.4 Å². The molecule has 2 amide bonds. The van der Waals surface area contributed by atoms with Crippen molar-refractivity contribution in [2.24, 2.45) is 17.3 Å². The Morgan fingerprint density at radius 1 is 1.20 bits per heavy atom. The molecule has 1 aliphatic carbocycles. The van der Waals surface area contributed by atoms with E-state index in [1.54, 1.807) is 0 Å². The zero-order valence-corrected chi connectivity index (χ0v) is 12.0. The first-order chi connectivity index (χ1) is 9.27. The van der Waals surface area contributed by atoms with Gasteiger partial charge in [0.15, 0.2) is 0 Å². The minimum absolute atomic E-state index is 0.0119. The van der Waals surface area contributed by atoms with Crippen LogP contribution < -0.4 is 5.32 Å². The van der Waals surface area contributed by atoms with Gasteiger partial charge in [-0.05, 0) is 24.2 Å². The molecule has 2 rings (SSSR count). The SMILES string of the molecule is CC1(C)CC[C@@H](C(=O)CC2CC(=O)NC(=O)C2)C(=O)C1. The highest BCUT2D eigenvalue weighted by atomic mass is 16.2. The number of imide groups is 1. The Hall–Kier alpha value is -1.52. The summed E-state index contributed by atoms with van der Waals surface area (Å²) in [5, 5.41) is 2.23. The summed E-state index contributed by atoms with van der Waals surface area (Å²) < 4.78 is 0. The maximum atomic E-state index is 12.2. The minimum Gasteiger partial charge on any atom is -0.299 e. The predicted molar refractivity (Wildman–Crippen MR) is 71.6 cm³/mol. The smallest absolute Gasteiger partial charge is 0.226 e. The van der Waals surface area contributed by atoms with Crippen molar-refractivity contribution in [2.75, 3.05) is 0 Å². The van der Waals surface area contributed by atoms with Crippen LogP contribution in [0.5, 0.6) is 0 Å². The summed E-state index contributed by atoms with van der Waals surface area (Å²) in [6.45, 7) is 4.07. The lowest BCUT2D eigenvalue weighted by atomic mass is 9.70. The van der Waals surface area contributed by atoms with Crippen molar-refractivity contribution in [2.45, 2.75) is 52.4 Å². The summed E-state index contributed by atoms with van der Waals surface area (Å²) >= 11 is 0. The molecule has 1 atom stereocenters. The molecule has 1 N–H and O–H groups in total.